The predicted octanol–water partition coefficient (Wildman–Crippen LogP) is 6.45. The monoisotopic (exact) mass is 604 g/mol. The van der Waals surface area contributed by atoms with Gasteiger partial charge in [0, 0.05) is 35.0 Å². The first kappa shape index (κ1) is 28.2. The van der Waals surface area contributed by atoms with Crippen molar-refractivity contribution in [2.75, 3.05) is 16.8 Å². The van der Waals surface area contributed by atoms with E-state index in [-0.39, 0.29) is 12.4 Å². The normalized spacial score (nSPS) is 20.5. The van der Waals surface area contributed by atoms with E-state index in [1.165, 1.54) is 18.5 Å². The van der Waals surface area contributed by atoms with Crippen LogP contribution >= 0.6 is 11.6 Å². The molecule has 3 aromatic carbocycles. The van der Waals surface area contributed by atoms with Gasteiger partial charge in [-0.15, -0.1) is 0 Å². The number of ether oxygens (including phenoxy) is 1. The van der Waals surface area contributed by atoms with E-state index in [9.17, 15) is 13.7 Å². The van der Waals surface area contributed by atoms with Gasteiger partial charge < -0.3 is 19.7 Å². The van der Waals surface area contributed by atoms with Gasteiger partial charge in [-0.05, 0) is 93.5 Å². The molecule has 0 amide bonds. The Kier molecular flexibility index (Phi) is 7.66. The smallest absolute Gasteiger partial charge is 0.141 e. The third-order valence-electron chi connectivity index (χ3n) is 7.55. The molecule has 1 aliphatic rings. The highest BCUT2D eigenvalue weighted by Crippen LogP contribution is 2.33. The lowest BCUT2D eigenvalue weighted by atomic mass is 9.97. The second-order valence-electron chi connectivity index (χ2n) is 10.8. The average Bonchev–Trinajstić information content (AvgIpc) is 3.43. The maximum absolute atomic E-state index is 13.5. The second-order valence-corrected chi connectivity index (χ2v) is 14.0. The summed E-state index contributed by atoms with van der Waals surface area (Å²) in [5.74, 6) is 5.51. The number of nitrogens with one attached hydrogen (secondary N) is 1. The van der Waals surface area contributed by atoms with Crippen LogP contribution in [0.2, 0.25) is 5.02 Å². The topological polar surface area (TPSA) is 89.3 Å². The van der Waals surface area contributed by atoms with Crippen molar-refractivity contribution < 1.29 is 18.4 Å². The molecule has 42 heavy (non-hydrogen) atoms. The Labute approximate surface area is 249 Å². The number of aliphatic hydroxyl groups is 1. The van der Waals surface area contributed by atoms with Crippen molar-refractivity contribution in [1.82, 2.24) is 14.5 Å². The molecular formula is C32H30ClFN4O3S. The zero-order valence-electron chi connectivity index (χ0n) is 22.8. The minimum atomic E-state index is -2.06. The van der Waals surface area contributed by atoms with Crippen molar-refractivity contribution >= 4 is 49.4 Å². The molecule has 0 spiro atoms. The fourth-order valence-electron chi connectivity index (χ4n) is 5.14. The summed E-state index contributed by atoms with van der Waals surface area (Å²) in [7, 11) is -2.06. The summed E-state index contributed by atoms with van der Waals surface area (Å²) in [6, 6.07) is 19.6. The first-order valence-electron chi connectivity index (χ1n) is 13.5. The summed E-state index contributed by atoms with van der Waals surface area (Å²) in [5, 5.41) is 15.6. The van der Waals surface area contributed by atoms with Crippen LogP contribution in [-0.2, 0) is 22.7 Å². The van der Waals surface area contributed by atoms with Gasteiger partial charge in [0.05, 0.1) is 22.7 Å². The van der Waals surface area contributed by atoms with E-state index in [2.05, 4.69) is 21.2 Å². The number of aromatic nitrogens is 3. The zero-order chi connectivity index (χ0) is 29.3. The number of benzene rings is 3. The molecule has 2 N–H and O–H groups in total. The van der Waals surface area contributed by atoms with Crippen LogP contribution in [0, 0.1) is 5.82 Å². The van der Waals surface area contributed by atoms with Crippen LogP contribution in [0.3, 0.4) is 0 Å². The van der Waals surface area contributed by atoms with Crippen LogP contribution < -0.4 is 10.1 Å². The van der Waals surface area contributed by atoms with E-state index in [0.29, 0.717) is 53.0 Å². The lowest BCUT2D eigenvalue weighted by Crippen LogP contribution is -2.42. The first-order valence-corrected chi connectivity index (χ1v) is 16.0. The summed E-state index contributed by atoms with van der Waals surface area (Å²) < 4.78 is 33.5. The van der Waals surface area contributed by atoms with Crippen LogP contribution in [0.25, 0.3) is 22.0 Å². The molecule has 0 atom stereocenters. The molecule has 0 bridgehead atoms. The van der Waals surface area contributed by atoms with Gasteiger partial charge in [-0.2, -0.15) is 0 Å². The van der Waals surface area contributed by atoms with Gasteiger partial charge in [-0.3, -0.25) is 4.21 Å². The van der Waals surface area contributed by atoms with Gasteiger partial charge >= 0.3 is 0 Å². The number of fused-ring (bicyclic) bond motifs is 1. The number of rotatable bonds is 8. The maximum Gasteiger partial charge on any atom is 0.141 e. The van der Waals surface area contributed by atoms with Gasteiger partial charge in [0.1, 0.15) is 30.3 Å². The molecule has 0 aliphatic carbocycles. The van der Waals surface area contributed by atoms with Gasteiger partial charge in [-0.1, -0.05) is 29.8 Å². The molecule has 1 fully saturated rings. The fraction of sp³-hybridized carbons (Fsp3) is 0.219. The molecule has 1 aliphatic heterocycles. The van der Waals surface area contributed by atoms with Crippen molar-refractivity contribution in [3.63, 3.8) is 0 Å². The molecule has 3 heterocycles. The first-order chi connectivity index (χ1) is 20.1. The fourth-order valence-corrected chi connectivity index (χ4v) is 7.09. The molecule has 7 nitrogen and oxygen atoms in total. The summed E-state index contributed by atoms with van der Waals surface area (Å²) in [4.78, 5) is 8.90. The largest absolute Gasteiger partial charge is 0.487 e. The molecule has 2 aromatic heterocycles. The molecule has 10 heteroatoms. The van der Waals surface area contributed by atoms with Crippen LogP contribution in [0.1, 0.15) is 18.4 Å². The van der Waals surface area contributed by atoms with E-state index in [4.69, 9.17) is 16.3 Å². The Morgan fingerprint density at radius 1 is 1.07 bits per heavy atom. The minimum absolute atomic E-state index is 0.197. The summed E-state index contributed by atoms with van der Waals surface area (Å²) >= 11 is 6.50. The van der Waals surface area contributed by atoms with Crippen molar-refractivity contribution in [3.8, 4) is 16.9 Å². The van der Waals surface area contributed by atoms with E-state index >= 15 is 0 Å². The number of halogens is 2. The highest BCUT2D eigenvalue weighted by molar-refractivity contribution is 8.00. The molecule has 5 aromatic rings. The van der Waals surface area contributed by atoms with Crippen molar-refractivity contribution in [1.29, 1.82) is 0 Å². The Morgan fingerprint density at radius 3 is 2.69 bits per heavy atom. The highest BCUT2D eigenvalue weighted by atomic mass is 35.5. The van der Waals surface area contributed by atoms with Crippen molar-refractivity contribution in [2.24, 2.45) is 0 Å². The number of nitrogens with zero attached hydrogens (tertiary/aromatic N) is 3. The number of anilines is 2. The van der Waals surface area contributed by atoms with Crippen LogP contribution in [-0.4, -0.2) is 46.8 Å². The van der Waals surface area contributed by atoms with E-state index in [1.54, 1.807) is 24.3 Å². The average molecular weight is 605 g/mol. The molecule has 6 rings (SSSR count). The van der Waals surface area contributed by atoms with E-state index in [1.807, 2.05) is 47.3 Å². The van der Waals surface area contributed by atoms with Crippen LogP contribution in [0.15, 0.2) is 85.5 Å². The zero-order valence-corrected chi connectivity index (χ0v) is 24.4. The summed E-state index contributed by atoms with van der Waals surface area (Å²) in [5.41, 5.74) is 3.31. The minimum Gasteiger partial charge on any atom is -0.487 e. The summed E-state index contributed by atoms with van der Waals surface area (Å²) in [6.45, 7) is 0.636. The maximum atomic E-state index is 13.5. The quantitative estimate of drug-likeness (QED) is 0.198. The van der Waals surface area contributed by atoms with E-state index < -0.39 is 15.1 Å². The Hall–Kier alpha value is -3.92. The van der Waals surface area contributed by atoms with Crippen LogP contribution in [0.5, 0.6) is 5.75 Å². The predicted molar refractivity (Wildman–Crippen MR) is 168 cm³/mol. The lowest BCUT2D eigenvalue weighted by Gasteiger charge is -2.33. The second kappa shape index (κ2) is 11.4. The van der Waals surface area contributed by atoms with E-state index in [0.717, 1.165) is 27.7 Å². The standard InChI is InChI=1S/C32H30ClFN4O3S/c1-42(40)13-10-32(39,11-14-42)20-38-12-9-24(18-38)23-5-7-29-27(16-23)31(36-21-35-29)37-26-6-8-30(28(33)17-26)41-19-22-3-2-4-25(34)15-22/h2-9,12,15-18,21,39H,1,10-11,13-14,19-20H2,(H,35,36,37). The Bertz CT molecular complexity index is 1860. The molecule has 0 radical (unpaired) electrons. The summed E-state index contributed by atoms with van der Waals surface area (Å²) in [6.07, 6.45) is 6.43. The molecule has 216 valence electrons. The number of hydrogen-bond donors (Lipinski definition) is 2. The molecular weight excluding hydrogens is 575 g/mol. The Balaban J connectivity index is 1.18. The van der Waals surface area contributed by atoms with Gasteiger partial charge in [0.25, 0.3) is 0 Å². The lowest BCUT2D eigenvalue weighted by molar-refractivity contribution is 0.0140. The number of hydrogen-bond acceptors (Lipinski definition) is 6. The van der Waals surface area contributed by atoms with Gasteiger partial charge in [0.2, 0.25) is 0 Å². The Morgan fingerprint density at radius 2 is 1.90 bits per heavy atom. The van der Waals surface area contributed by atoms with Crippen LogP contribution in [0.4, 0.5) is 15.9 Å². The molecule has 0 saturated carbocycles. The molecule has 0 unspecified atom stereocenters. The van der Waals surface area contributed by atoms with Gasteiger partial charge in [-0.25, -0.2) is 14.4 Å². The van der Waals surface area contributed by atoms with Crippen molar-refractivity contribution in [2.45, 2.75) is 31.6 Å². The third kappa shape index (κ3) is 6.43. The highest BCUT2D eigenvalue weighted by Gasteiger charge is 2.33. The SMILES string of the molecule is C=S1(=O)CCC(O)(Cn2ccc(-c3ccc4ncnc(Nc5ccc(OCc6cccc(F)c6)c(Cl)c5)c4c3)c2)CC1. The van der Waals surface area contributed by atoms with Gasteiger partial charge in [0.15, 0.2) is 0 Å². The third-order valence-corrected chi connectivity index (χ3v) is 9.74. The van der Waals surface area contributed by atoms with Crippen molar-refractivity contribution in [3.05, 3.63) is 102 Å². The molecule has 1 saturated heterocycles.